The number of carbonyl (C=O) groups excluding carboxylic acids is 1. The number of hydrogen-bond donors (Lipinski definition) is 1. The van der Waals surface area contributed by atoms with Gasteiger partial charge in [0.25, 0.3) is 0 Å². The molecule has 100 valence electrons. The van der Waals surface area contributed by atoms with Crippen molar-refractivity contribution < 1.29 is 45.7 Å². The molecular formula is C15H21NaO3. The summed E-state index contributed by atoms with van der Waals surface area (Å²) in [5.41, 5.74) is 0.678. The molecule has 4 heteroatoms. The van der Waals surface area contributed by atoms with E-state index in [1.807, 2.05) is 0 Å². The van der Waals surface area contributed by atoms with E-state index in [1.54, 1.807) is 12.1 Å². The van der Waals surface area contributed by atoms with Crippen LogP contribution in [0.2, 0.25) is 0 Å². The molecule has 0 radical (unpaired) electrons. The summed E-state index contributed by atoms with van der Waals surface area (Å²) in [6, 6.07) is 6.26. The van der Waals surface area contributed by atoms with Crippen LogP contribution in [0.15, 0.2) is 24.3 Å². The molecule has 0 heterocycles. The smallest absolute Gasteiger partial charge is 1.00 e. The minimum atomic E-state index is -0.993. The Kier molecular flexibility index (Phi) is 9.84. The molecule has 0 aliphatic rings. The van der Waals surface area contributed by atoms with Crippen LogP contribution in [0.5, 0.6) is 0 Å². The van der Waals surface area contributed by atoms with Crippen LogP contribution in [0.3, 0.4) is 0 Å². The van der Waals surface area contributed by atoms with E-state index in [0.717, 1.165) is 12.8 Å². The Morgan fingerprint density at radius 1 is 1.11 bits per heavy atom. The zero-order valence-corrected chi connectivity index (χ0v) is 13.8. The summed E-state index contributed by atoms with van der Waals surface area (Å²) < 4.78 is 0. The number of benzene rings is 1. The van der Waals surface area contributed by atoms with E-state index in [9.17, 15) is 9.59 Å². The van der Waals surface area contributed by atoms with Crippen LogP contribution >= 0.6 is 0 Å². The van der Waals surface area contributed by atoms with Crippen molar-refractivity contribution >= 4 is 11.8 Å². The molecule has 3 nitrogen and oxygen atoms in total. The third kappa shape index (κ3) is 6.90. The van der Waals surface area contributed by atoms with Gasteiger partial charge in [0.2, 0.25) is 0 Å². The first-order valence-corrected chi connectivity index (χ1v) is 6.51. The van der Waals surface area contributed by atoms with E-state index < -0.39 is 5.97 Å². The van der Waals surface area contributed by atoms with Crippen molar-refractivity contribution in [3.63, 3.8) is 0 Å². The van der Waals surface area contributed by atoms with Crippen LogP contribution in [-0.2, 0) is 0 Å². The maximum Gasteiger partial charge on any atom is 1.00 e. The van der Waals surface area contributed by atoms with Gasteiger partial charge in [-0.2, -0.15) is 0 Å². The summed E-state index contributed by atoms with van der Waals surface area (Å²) in [7, 11) is 0. The number of ketones is 1. The second-order valence-electron chi connectivity index (χ2n) is 4.47. The SMILES string of the molecule is CCCCCCCC(=O)c1cccc(C(=O)O)c1.[H-].[Na+]. The molecule has 0 amide bonds. The fourth-order valence-electron chi connectivity index (χ4n) is 1.86. The van der Waals surface area contributed by atoms with Crippen molar-refractivity contribution in [3.8, 4) is 0 Å². The standard InChI is InChI=1S/C15H20O3.Na.H/c1-2-3-4-5-6-10-14(16)12-8-7-9-13(11-12)15(17)18;;/h7-9,11H,2-6,10H2,1H3,(H,17,18);;/q;+1;-1. The van der Waals surface area contributed by atoms with E-state index >= 15 is 0 Å². The summed E-state index contributed by atoms with van der Waals surface area (Å²) in [6.45, 7) is 2.16. The summed E-state index contributed by atoms with van der Waals surface area (Å²) in [5.74, 6) is -0.956. The fraction of sp³-hybridized carbons (Fsp3) is 0.467. The quantitative estimate of drug-likeness (QED) is 0.437. The largest absolute Gasteiger partial charge is 1.00 e. The normalized spacial score (nSPS) is 9.74. The van der Waals surface area contributed by atoms with Crippen molar-refractivity contribution in [2.75, 3.05) is 0 Å². The molecule has 0 unspecified atom stereocenters. The van der Waals surface area contributed by atoms with Gasteiger partial charge in [0.15, 0.2) is 5.78 Å². The molecule has 0 fully saturated rings. The topological polar surface area (TPSA) is 54.4 Å². The molecule has 1 aromatic rings. The van der Waals surface area contributed by atoms with E-state index in [4.69, 9.17) is 5.11 Å². The van der Waals surface area contributed by atoms with E-state index in [-0.39, 0.29) is 42.3 Å². The van der Waals surface area contributed by atoms with Gasteiger partial charge >= 0.3 is 35.5 Å². The first-order chi connectivity index (χ1) is 8.65. The molecular weight excluding hydrogens is 251 g/mol. The predicted octanol–water partition coefficient (Wildman–Crippen LogP) is 1.04. The van der Waals surface area contributed by atoms with E-state index in [2.05, 4.69) is 6.92 Å². The van der Waals surface area contributed by atoms with Gasteiger partial charge < -0.3 is 6.53 Å². The van der Waals surface area contributed by atoms with E-state index in [0.29, 0.717) is 12.0 Å². The van der Waals surface area contributed by atoms with Crippen LogP contribution in [0.1, 0.15) is 67.6 Å². The molecule has 0 saturated heterocycles. The number of hydrogen-bond acceptors (Lipinski definition) is 2. The molecule has 1 rings (SSSR count). The summed E-state index contributed by atoms with van der Waals surface area (Å²) in [6.07, 6.45) is 6.03. The Morgan fingerprint density at radius 2 is 1.74 bits per heavy atom. The predicted molar refractivity (Wildman–Crippen MR) is 72.2 cm³/mol. The molecule has 0 bridgehead atoms. The molecule has 0 aromatic heterocycles. The zero-order valence-electron chi connectivity index (χ0n) is 12.8. The Bertz CT molecular complexity index is 421. The average molecular weight is 272 g/mol. The van der Waals surface area contributed by atoms with Crippen LogP contribution in [0, 0.1) is 0 Å². The van der Waals surface area contributed by atoms with Crippen LogP contribution < -0.4 is 29.6 Å². The van der Waals surface area contributed by atoms with Gasteiger partial charge in [-0.05, 0) is 18.6 Å². The molecule has 0 aliphatic carbocycles. The number of aromatic carboxylic acids is 1. The Labute approximate surface area is 138 Å². The number of carboxylic acid groups (broad SMARTS) is 1. The van der Waals surface area contributed by atoms with Crippen molar-refractivity contribution in [2.45, 2.75) is 45.4 Å². The van der Waals surface area contributed by atoms with Crippen molar-refractivity contribution in [3.05, 3.63) is 35.4 Å². The van der Waals surface area contributed by atoms with E-state index in [1.165, 1.54) is 31.4 Å². The fourth-order valence-corrected chi connectivity index (χ4v) is 1.86. The van der Waals surface area contributed by atoms with Gasteiger partial charge in [0.1, 0.15) is 0 Å². The number of unbranched alkanes of at least 4 members (excludes halogenated alkanes) is 4. The molecule has 1 aromatic carbocycles. The number of carboxylic acids is 1. The Hall–Kier alpha value is -0.640. The van der Waals surface area contributed by atoms with Crippen molar-refractivity contribution in [1.29, 1.82) is 0 Å². The maximum absolute atomic E-state index is 11.9. The maximum atomic E-state index is 11.9. The molecule has 0 aliphatic heterocycles. The van der Waals surface area contributed by atoms with Crippen LogP contribution in [-0.4, -0.2) is 16.9 Å². The first kappa shape index (κ1) is 18.4. The third-order valence-electron chi connectivity index (χ3n) is 2.94. The third-order valence-corrected chi connectivity index (χ3v) is 2.94. The summed E-state index contributed by atoms with van der Waals surface area (Å²) in [5, 5.41) is 8.85. The zero-order chi connectivity index (χ0) is 13.4. The Morgan fingerprint density at radius 3 is 2.37 bits per heavy atom. The average Bonchev–Trinajstić information content (AvgIpc) is 2.38. The van der Waals surface area contributed by atoms with Gasteiger partial charge in [0, 0.05) is 12.0 Å². The van der Waals surface area contributed by atoms with Crippen molar-refractivity contribution in [1.82, 2.24) is 0 Å². The number of carbonyl (C=O) groups is 2. The first-order valence-electron chi connectivity index (χ1n) is 6.51. The molecule has 0 atom stereocenters. The van der Waals surface area contributed by atoms with Gasteiger partial charge in [-0.1, -0.05) is 44.7 Å². The second kappa shape index (κ2) is 10.2. The van der Waals surface area contributed by atoms with Gasteiger partial charge in [-0.25, -0.2) is 4.79 Å². The molecule has 0 spiro atoms. The van der Waals surface area contributed by atoms with Gasteiger partial charge in [0.05, 0.1) is 5.56 Å². The van der Waals surface area contributed by atoms with Gasteiger partial charge in [-0.3, -0.25) is 4.79 Å². The summed E-state index contributed by atoms with van der Waals surface area (Å²) in [4.78, 5) is 22.7. The minimum Gasteiger partial charge on any atom is -1.00 e. The number of rotatable bonds is 8. The Balaban J connectivity index is 0. The number of Topliss-reactive ketones (excluding diaryl/α,β-unsaturated/α-hetero) is 1. The van der Waals surface area contributed by atoms with Gasteiger partial charge in [-0.15, -0.1) is 0 Å². The van der Waals surface area contributed by atoms with Crippen LogP contribution in [0.4, 0.5) is 0 Å². The van der Waals surface area contributed by atoms with Crippen molar-refractivity contribution in [2.24, 2.45) is 0 Å². The molecule has 0 saturated carbocycles. The minimum absolute atomic E-state index is 0. The second-order valence-corrected chi connectivity index (χ2v) is 4.47. The monoisotopic (exact) mass is 272 g/mol. The molecule has 1 N–H and O–H groups in total. The molecule has 19 heavy (non-hydrogen) atoms. The summed E-state index contributed by atoms with van der Waals surface area (Å²) >= 11 is 0. The van der Waals surface area contributed by atoms with Crippen LogP contribution in [0.25, 0.3) is 0 Å².